The summed E-state index contributed by atoms with van der Waals surface area (Å²) < 4.78 is 10.2. The van der Waals surface area contributed by atoms with Gasteiger partial charge in [-0.15, -0.1) is 0 Å². The van der Waals surface area contributed by atoms with Gasteiger partial charge < -0.3 is 14.6 Å². The molecule has 0 unspecified atom stereocenters. The fourth-order valence-electron chi connectivity index (χ4n) is 1.40. The van der Waals surface area contributed by atoms with E-state index in [0.717, 1.165) is 5.56 Å². The standard InChI is InChI=1S/C12H14O5/c1-16-10-6-4-8(7-11(10)17-2)3-5-9(13)12(14)15/h4,6-7H,3,5H2,1-2H3,(H,14,15). The van der Waals surface area contributed by atoms with Crippen molar-refractivity contribution in [1.29, 1.82) is 0 Å². The Morgan fingerprint density at radius 2 is 1.82 bits per heavy atom. The van der Waals surface area contributed by atoms with Crippen LogP contribution in [0, 0.1) is 0 Å². The van der Waals surface area contributed by atoms with Crippen LogP contribution in [0.25, 0.3) is 0 Å². The molecule has 0 spiro atoms. The zero-order valence-electron chi connectivity index (χ0n) is 9.73. The monoisotopic (exact) mass is 238 g/mol. The summed E-state index contributed by atoms with van der Waals surface area (Å²) in [5.41, 5.74) is 0.831. The van der Waals surface area contributed by atoms with Crippen LogP contribution in [0.3, 0.4) is 0 Å². The minimum atomic E-state index is -1.40. The number of carboxylic acids is 1. The molecule has 1 N–H and O–H groups in total. The number of carbonyl (C=O) groups is 2. The van der Waals surface area contributed by atoms with Gasteiger partial charge in [0.25, 0.3) is 0 Å². The van der Waals surface area contributed by atoms with Crippen LogP contribution in [0.5, 0.6) is 11.5 Å². The second-order valence-electron chi connectivity index (χ2n) is 3.42. The maximum absolute atomic E-state index is 10.9. The number of Topliss-reactive ketones (excluding diaryl/α,β-unsaturated/α-hetero) is 1. The van der Waals surface area contributed by atoms with Crippen LogP contribution in [0.2, 0.25) is 0 Å². The molecule has 0 aliphatic carbocycles. The molecule has 1 rings (SSSR count). The second kappa shape index (κ2) is 5.89. The van der Waals surface area contributed by atoms with Gasteiger partial charge in [-0.25, -0.2) is 4.79 Å². The van der Waals surface area contributed by atoms with E-state index in [-0.39, 0.29) is 6.42 Å². The maximum atomic E-state index is 10.9. The number of ketones is 1. The zero-order valence-corrected chi connectivity index (χ0v) is 9.73. The molecule has 0 saturated heterocycles. The molecule has 5 heteroatoms. The number of aryl methyl sites for hydroxylation is 1. The van der Waals surface area contributed by atoms with Gasteiger partial charge in [-0.3, -0.25) is 4.79 Å². The quantitative estimate of drug-likeness (QED) is 0.756. The molecular weight excluding hydrogens is 224 g/mol. The Morgan fingerprint density at radius 1 is 1.18 bits per heavy atom. The third kappa shape index (κ3) is 3.48. The van der Waals surface area contributed by atoms with Crippen LogP contribution in [0.4, 0.5) is 0 Å². The zero-order chi connectivity index (χ0) is 12.8. The van der Waals surface area contributed by atoms with Crippen molar-refractivity contribution in [3.63, 3.8) is 0 Å². The van der Waals surface area contributed by atoms with Crippen molar-refractivity contribution in [3.8, 4) is 11.5 Å². The molecule has 0 radical (unpaired) electrons. The Balaban J connectivity index is 2.73. The van der Waals surface area contributed by atoms with E-state index in [2.05, 4.69) is 0 Å². The largest absolute Gasteiger partial charge is 0.493 e. The van der Waals surface area contributed by atoms with E-state index >= 15 is 0 Å². The number of hydrogen-bond acceptors (Lipinski definition) is 4. The highest BCUT2D eigenvalue weighted by Gasteiger charge is 2.12. The van der Waals surface area contributed by atoms with Gasteiger partial charge in [-0.1, -0.05) is 6.07 Å². The summed E-state index contributed by atoms with van der Waals surface area (Å²) in [6, 6.07) is 5.23. The Hall–Kier alpha value is -2.04. The molecule has 0 aliphatic rings. The van der Waals surface area contributed by atoms with Gasteiger partial charge in [0.15, 0.2) is 11.5 Å². The number of carboxylic acid groups (broad SMARTS) is 1. The van der Waals surface area contributed by atoms with Gasteiger partial charge in [0.1, 0.15) is 0 Å². The van der Waals surface area contributed by atoms with Crippen molar-refractivity contribution < 1.29 is 24.2 Å². The molecule has 1 aromatic carbocycles. The molecule has 0 bridgehead atoms. The first-order valence-electron chi connectivity index (χ1n) is 5.05. The average molecular weight is 238 g/mol. The number of aliphatic carboxylic acids is 1. The molecule has 0 amide bonds. The van der Waals surface area contributed by atoms with Crippen molar-refractivity contribution in [3.05, 3.63) is 23.8 Å². The Kier molecular flexibility index (Phi) is 4.51. The van der Waals surface area contributed by atoms with Gasteiger partial charge in [-0.05, 0) is 24.1 Å². The third-order valence-corrected chi connectivity index (χ3v) is 2.33. The molecule has 0 aromatic heterocycles. The molecule has 92 valence electrons. The smallest absolute Gasteiger partial charge is 0.372 e. The van der Waals surface area contributed by atoms with Crippen molar-refractivity contribution in [2.45, 2.75) is 12.8 Å². The summed E-state index contributed by atoms with van der Waals surface area (Å²) in [5.74, 6) is -1.03. The number of methoxy groups -OCH3 is 2. The lowest BCUT2D eigenvalue weighted by molar-refractivity contribution is -0.149. The third-order valence-electron chi connectivity index (χ3n) is 2.33. The maximum Gasteiger partial charge on any atom is 0.372 e. The Labute approximate surface area is 99.0 Å². The minimum Gasteiger partial charge on any atom is -0.493 e. The van der Waals surface area contributed by atoms with Crippen molar-refractivity contribution in [2.24, 2.45) is 0 Å². The highest BCUT2D eigenvalue weighted by atomic mass is 16.5. The average Bonchev–Trinajstić information content (AvgIpc) is 2.35. The summed E-state index contributed by atoms with van der Waals surface area (Å²) in [4.78, 5) is 21.3. The lowest BCUT2D eigenvalue weighted by atomic mass is 10.1. The highest BCUT2D eigenvalue weighted by Crippen LogP contribution is 2.27. The molecule has 0 aliphatic heterocycles. The number of ether oxygens (including phenoxy) is 2. The molecule has 0 saturated carbocycles. The first-order valence-corrected chi connectivity index (χ1v) is 5.05. The van der Waals surface area contributed by atoms with E-state index < -0.39 is 11.8 Å². The predicted octanol–water partition coefficient (Wildman–Crippen LogP) is 1.29. The second-order valence-corrected chi connectivity index (χ2v) is 3.42. The summed E-state index contributed by atoms with van der Waals surface area (Å²) in [5, 5.41) is 8.45. The van der Waals surface area contributed by atoms with Gasteiger partial charge in [-0.2, -0.15) is 0 Å². The molecule has 5 nitrogen and oxygen atoms in total. The van der Waals surface area contributed by atoms with Gasteiger partial charge >= 0.3 is 5.97 Å². The fraction of sp³-hybridized carbons (Fsp3) is 0.333. The highest BCUT2D eigenvalue weighted by molar-refractivity contribution is 6.32. The SMILES string of the molecule is COc1ccc(CCC(=O)C(=O)O)cc1OC. The summed E-state index contributed by atoms with van der Waals surface area (Å²) >= 11 is 0. The van der Waals surface area contributed by atoms with E-state index in [1.807, 2.05) is 0 Å². The minimum absolute atomic E-state index is 0.0230. The predicted molar refractivity (Wildman–Crippen MR) is 60.5 cm³/mol. The van der Waals surface area contributed by atoms with E-state index in [1.165, 1.54) is 14.2 Å². The van der Waals surface area contributed by atoms with E-state index in [1.54, 1.807) is 18.2 Å². The molecular formula is C12H14O5. The van der Waals surface area contributed by atoms with E-state index in [9.17, 15) is 9.59 Å². The Bertz CT molecular complexity index is 425. The molecule has 0 heterocycles. The van der Waals surface area contributed by atoms with Crippen LogP contribution in [0.1, 0.15) is 12.0 Å². The first-order chi connectivity index (χ1) is 8.08. The van der Waals surface area contributed by atoms with E-state index in [0.29, 0.717) is 17.9 Å². The Morgan fingerprint density at radius 3 is 2.35 bits per heavy atom. The van der Waals surface area contributed by atoms with Crippen LogP contribution in [-0.4, -0.2) is 31.1 Å². The summed E-state index contributed by atoms with van der Waals surface area (Å²) in [7, 11) is 3.05. The molecule has 17 heavy (non-hydrogen) atoms. The van der Waals surface area contributed by atoms with Crippen LogP contribution >= 0.6 is 0 Å². The first kappa shape index (κ1) is 13.0. The lowest BCUT2D eigenvalue weighted by Crippen LogP contribution is -2.12. The van der Waals surface area contributed by atoms with Crippen molar-refractivity contribution >= 4 is 11.8 Å². The van der Waals surface area contributed by atoms with Crippen molar-refractivity contribution in [1.82, 2.24) is 0 Å². The van der Waals surface area contributed by atoms with Crippen LogP contribution in [0.15, 0.2) is 18.2 Å². The van der Waals surface area contributed by atoms with Gasteiger partial charge in [0.05, 0.1) is 14.2 Å². The van der Waals surface area contributed by atoms with Crippen LogP contribution < -0.4 is 9.47 Å². The molecule has 0 fully saturated rings. The summed E-state index contributed by atoms with van der Waals surface area (Å²) in [6.45, 7) is 0. The number of rotatable bonds is 6. The number of benzene rings is 1. The molecule has 0 atom stereocenters. The number of carbonyl (C=O) groups excluding carboxylic acids is 1. The van der Waals surface area contributed by atoms with Gasteiger partial charge in [0, 0.05) is 6.42 Å². The number of hydrogen-bond donors (Lipinski definition) is 1. The normalized spacial score (nSPS) is 9.76. The lowest BCUT2D eigenvalue weighted by Gasteiger charge is -2.08. The van der Waals surface area contributed by atoms with Crippen LogP contribution in [-0.2, 0) is 16.0 Å². The van der Waals surface area contributed by atoms with Crippen molar-refractivity contribution in [2.75, 3.05) is 14.2 Å². The molecule has 1 aromatic rings. The summed E-state index contributed by atoms with van der Waals surface area (Å²) in [6.07, 6.45) is 0.344. The topological polar surface area (TPSA) is 72.8 Å². The van der Waals surface area contributed by atoms with E-state index in [4.69, 9.17) is 14.6 Å². The fourth-order valence-corrected chi connectivity index (χ4v) is 1.40. The van der Waals surface area contributed by atoms with Gasteiger partial charge in [0.2, 0.25) is 5.78 Å².